The Labute approximate surface area is 100 Å². The molecule has 0 aromatic carbocycles. The molecule has 0 radical (unpaired) electrons. The van der Waals surface area contributed by atoms with Gasteiger partial charge in [-0.1, -0.05) is 39.0 Å². The van der Waals surface area contributed by atoms with Crippen molar-refractivity contribution in [1.82, 2.24) is 0 Å². The molecule has 0 unspecified atom stereocenters. The summed E-state index contributed by atoms with van der Waals surface area (Å²) in [6, 6.07) is 0. The van der Waals surface area contributed by atoms with Crippen LogP contribution < -0.4 is 0 Å². The summed E-state index contributed by atoms with van der Waals surface area (Å²) in [5, 5.41) is 0. The van der Waals surface area contributed by atoms with Crippen molar-refractivity contribution in [2.24, 2.45) is 5.41 Å². The standard InChI is InChI=1S/C8H15.C4H9.O.Os/c1-8(2)6-4-3-5-7-8;1-4(2)3;;/h1,3-7H2,2H3;1-3H3;;/q2*-1;;. The van der Waals surface area contributed by atoms with Crippen LogP contribution in [0.4, 0.5) is 0 Å². The van der Waals surface area contributed by atoms with Gasteiger partial charge in [-0.3, -0.25) is 0 Å². The van der Waals surface area contributed by atoms with Gasteiger partial charge in [-0.25, -0.2) is 0 Å². The molecule has 14 heavy (non-hydrogen) atoms. The topological polar surface area (TPSA) is 17.1 Å². The SMILES string of the molecule is C[C-](C)C.[CH2-]C1(C)CCCCC1.[O]=[Os]. The second-order valence-electron chi connectivity index (χ2n) is 4.87. The van der Waals surface area contributed by atoms with E-state index in [9.17, 15) is 0 Å². The fourth-order valence-electron chi connectivity index (χ4n) is 1.41. The molecule has 1 aliphatic rings. The Morgan fingerprint density at radius 3 is 1.50 bits per heavy atom. The van der Waals surface area contributed by atoms with Crippen molar-refractivity contribution in [3.8, 4) is 0 Å². The molecular weight excluding hydrogens is 350 g/mol. The Kier molecular flexibility index (Phi) is 12.0. The first-order valence-electron chi connectivity index (χ1n) is 5.20. The van der Waals surface area contributed by atoms with Crippen LogP contribution in [0, 0.1) is 18.3 Å². The predicted octanol–water partition coefficient (Wildman–Crippen LogP) is 4.29. The Morgan fingerprint density at radius 2 is 1.36 bits per heavy atom. The summed E-state index contributed by atoms with van der Waals surface area (Å²) in [5.41, 5.74) is 0.429. The van der Waals surface area contributed by atoms with E-state index in [1.807, 2.05) is 0 Å². The van der Waals surface area contributed by atoms with Crippen LogP contribution in [0.25, 0.3) is 0 Å². The van der Waals surface area contributed by atoms with Crippen LogP contribution in [0.5, 0.6) is 0 Å². The van der Waals surface area contributed by atoms with Crippen LogP contribution in [-0.2, 0) is 22.1 Å². The van der Waals surface area contributed by atoms with Gasteiger partial charge in [0.15, 0.2) is 0 Å². The molecule has 1 fully saturated rings. The van der Waals surface area contributed by atoms with Crippen molar-refractivity contribution < 1.29 is 22.1 Å². The Balaban J connectivity index is 0. The zero-order valence-electron chi connectivity index (χ0n) is 10.0. The molecule has 0 bridgehead atoms. The monoisotopic (exact) mass is 376 g/mol. The van der Waals surface area contributed by atoms with Crippen LogP contribution in [0.2, 0.25) is 0 Å². The summed E-state index contributed by atoms with van der Waals surface area (Å²) in [6.07, 6.45) is 6.92. The Hall–Kier alpha value is 0.436. The first kappa shape index (κ1) is 16.9. The van der Waals surface area contributed by atoms with E-state index in [0.29, 0.717) is 24.0 Å². The quantitative estimate of drug-likeness (QED) is 0.578. The summed E-state index contributed by atoms with van der Waals surface area (Å²) in [7, 11) is 0. The average molecular weight is 375 g/mol. The minimum absolute atomic E-state index is 0.429. The summed E-state index contributed by atoms with van der Waals surface area (Å²) in [6.45, 7) is 12.6. The first-order valence-corrected chi connectivity index (χ1v) is 6.24. The third-order valence-electron chi connectivity index (χ3n) is 2.06. The first-order chi connectivity index (χ1) is 6.44. The van der Waals surface area contributed by atoms with Gasteiger partial charge in [0.1, 0.15) is 0 Å². The third kappa shape index (κ3) is 14.9. The van der Waals surface area contributed by atoms with Gasteiger partial charge in [0.2, 0.25) is 0 Å². The molecule has 0 aliphatic heterocycles. The molecule has 0 spiro atoms. The molecule has 2 heteroatoms. The van der Waals surface area contributed by atoms with Gasteiger partial charge in [-0.05, 0) is 0 Å². The van der Waals surface area contributed by atoms with E-state index in [0.717, 1.165) is 0 Å². The van der Waals surface area contributed by atoms with Gasteiger partial charge in [0, 0.05) is 0 Å². The summed E-state index contributed by atoms with van der Waals surface area (Å²) < 4.78 is 8.28. The molecule has 0 heterocycles. The van der Waals surface area contributed by atoms with Crippen molar-refractivity contribution in [3.63, 3.8) is 0 Å². The summed E-state index contributed by atoms with van der Waals surface area (Å²) in [5.74, 6) is 1.42. The molecule has 1 saturated carbocycles. The number of hydrogen-bond acceptors (Lipinski definition) is 1. The minimum atomic E-state index is 0.429. The van der Waals surface area contributed by atoms with Gasteiger partial charge in [0.25, 0.3) is 0 Å². The normalized spacial score (nSPS) is 18.8. The van der Waals surface area contributed by atoms with Crippen molar-refractivity contribution in [2.75, 3.05) is 0 Å². The summed E-state index contributed by atoms with van der Waals surface area (Å²) in [4.78, 5) is 0. The summed E-state index contributed by atoms with van der Waals surface area (Å²) >= 11 is 0.611. The molecule has 0 amide bonds. The van der Waals surface area contributed by atoms with Gasteiger partial charge >= 0.3 is 22.1 Å². The molecule has 0 saturated heterocycles. The zero-order valence-corrected chi connectivity index (χ0v) is 12.5. The Morgan fingerprint density at radius 1 is 1.07 bits per heavy atom. The van der Waals surface area contributed by atoms with Gasteiger partial charge < -0.3 is 12.8 Å². The van der Waals surface area contributed by atoms with Crippen molar-refractivity contribution in [1.29, 1.82) is 0 Å². The molecule has 0 atom stereocenters. The van der Waals surface area contributed by atoms with Crippen molar-refractivity contribution >= 4 is 0 Å². The molecule has 0 aromatic rings. The van der Waals surface area contributed by atoms with E-state index in [4.69, 9.17) is 3.54 Å². The Bertz CT molecular complexity index is 111. The van der Waals surface area contributed by atoms with Crippen molar-refractivity contribution in [3.05, 3.63) is 12.8 Å². The average Bonchev–Trinajstić information content (AvgIpc) is 2.06. The van der Waals surface area contributed by atoms with E-state index in [-0.39, 0.29) is 0 Å². The van der Waals surface area contributed by atoms with E-state index in [2.05, 4.69) is 34.6 Å². The fraction of sp³-hybridized carbons (Fsp3) is 0.833. The zero-order chi connectivity index (χ0) is 11.6. The molecule has 1 nitrogen and oxygen atoms in total. The van der Waals surface area contributed by atoms with Gasteiger partial charge in [-0.15, -0.1) is 0 Å². The molecule has 1 aliphatic carbocycles. The molecule has 0 N–H and O–H groups in total. The molecule has 0 aromatic heterocycles. The van der Waals surface area contributed by atoms with Crippen LogP contribution in [0.15, 0.2) is 0 Å². The second kappa shape index (κ2) is 9.97. The van der Waals surface area contributed by atoms with E-state index in [1.165, 1.54) is 38.0 Å². The van der Waals surface area contributed by atoms with Crippen LogP contribution in [-0.4, -0.2) is 0 Å². The maximum absolute atomic E-state index is 8.28. The second-order valence-corrected chi connectivity index (χ2v) is 4.87. The van der Waals surface area contributed by atoms with Gasteiger partial charge in [-0.2, -0.15) is 26.2 Å². The van der Waals surface area contributed by atoms with E-state index < -0.39 is 0 Å². The van der Waals surface area contributed by atoms with E-state index in [1.54, 1.807) is 0 Å². The van der Waals surface area contributed by atoms with Crippen LogP contribution in [0.3, 0.4) is 0 Å². The van der Waals surface area contributed by atoms with Gasteiger partial charge in [0.05, 0.1) is 0 Å². The third-order valence-corrected chi connectivity index (χ3v) is 2.06. The molecule has 88 valence electrons. The number of rotatable bonds is 0. The van der Waals surface area contributed by atoms with Crippen molar-refractivity contribution in [2.45, 2.75) is 59.8 Å². The van der Waals surface area contributed by atoms with Crippen LogP contribution >= 0.6 is 0 Å². The fourth-order valence-corrected chi connectivity index (χ4v) is 1.41. The molecule has 1 rings (SSSR count). The van der Waals surface area contributed by atoms with Crippen LogP contribution in [0.1, 0.15) is 59.8 Å². The van der Waals surface area contributed by atoms with E-state index >= 15 is 0 Å². The number of hydrogen-bond donors (Lipinski definition) is 0. The predicted molar refractivity (Wildman–Crippen MR) is 57.5 cm³/mol. The molecular formula is C12H24OOs-2. The maximum atomic E-state index is 8.28.